The van der Waals surface area contributed by atoms with E-state index >= 15 is 0 Å². The largest absolute Gasteiger partial charge is 0.483 e. The molecule has 6 nitrogen and oxygen atoms in total. The van der Waals surface area contributed by atoms with Crippen LogP contribution in [-0.2, 0) is 16.1 Å². The molecule has 0 bridgehead atoms. The van der Waals surface area contributed by atoms with E-state index in [9.17, 15) is 13.6 Å². The second-order valence-electron chi connectivity index (χ2n) is 6.41. The second-order valence-corrected chi connectivity index (χ2v) is 6.41. The first-order valence-electron chi connectivity index (χ1n) is 8.08. The van der Waals surface area contributed by atoms with Gasteiger partial charge in [-0.25, -0.2) is 8.78 Å². The number of halogens is 2. The highest BCUT2D eigenvalue weighted by Crippen LogP contribution is 2.35. The third-order valence-electron chi connectivity index (χ3n) is 4.96. The lowest BCUT2D eigenvalue weighted by atomic mass is 10.0. The van der Waals surface area contributed by atoms with Crippen LogP contribution >= 0.6 is 0 Å². The molecule has 3 rings (SSSR count). The third-order valence-corrected chi connectivity index (χ3v) is 4.96. The number of fused-ring (bicyclic) bond motifs is 1. The topological polar surface area (TPSA) is 72.9 Å². The standard InChI is InChI=1S/C16H21F2N3O.CH2O2/c1-19-16(22)14-6-11-8-21(9-15(11)20(14)2)7-10-3-4-12(17)13(18)5-10;2-1-3/h3-5,11,14-15H,6-9H2,1-2H3,(H,19,22);1H,(H,2,3)/t11-,14+,15+;/m1./s1. The number of nitrogens with one attached hydrogen (secondary N) is 1. The smallest absolute Gasteiger partial charge is 0.290 e. The molecule has 2 aliphatic heterocycles. The summed E-state index contributed by atoms with van der Waals surface area (Å²) in [5.74, 6) is -1.08. The molecule has 0 spiro atoms. The minimum absolute atomic E-state index is 0.0505. The summed E-state index contributed by atoms with van der Waals surface area (Å²) in [6.07, 6.45) is 0.856. The summed E-state index contributed by atoms with van der Waals surface area (Å²) in [6.45, 7) is 2.11. The van der Waals surface area contributed by atoms with Crippen molar-refractivity contribution in [2.75, 3.05) is 27.2 Å². The molecule has 1 amide bonds. The molecule has 2 N–H and O–H groups in total. The average Bonchev–Trinajstić information content (AvgIpc) is 3.10. The van der Waals surface area contributed by atoms with Gasteiger partial charge in [-0.15, -0.1) is 0 Å². The van der Waals surface area contributed by atoms with Gasteiger partial charge in [-0.05, 0) is 37.1 Å². The molecule has 0 unspecified atom stereocenters. The lowest BCUT2D eigenvalue weighted by Crippen LogP contribution is -2.44. The van der Waals surface area contributed by atoms with Gasteiger partial charge in [0.05, 0.1) is 6.04 Å². The summed E-state index contributed by atoms with van der Waals surface area (Å²) in [6, 6.07) is 4.37. The Labute approximate surface area is 145 Å². The number of carboxylic acid groups (broad SMARTS) is 1. The quantitative estimate of drug-likeness (QED) is 0.789. The van der Waals surface area contributed by atoms with Gasteiger partial charge in [-0.3, -0.25) is 19.4 Å². The summed E-state index contributed by atoms with van der Waals surface area (Å²) >= 11 is 0. The van der Waals surface area contributed by atoms with E-state index < -0.39 is 11.6 Å². The van der Waals surface area contributed by atoms with E-state index in [0.717, 1.165) is 25.1 Å². The normalized spacial score (nSPS) is 25.8. The van der Waals surface area contributed by atoms with Crippen molar-refractivity contribution in [3.63, 3.8) is 0 Å². The fourth-order valence-electron chi connectivity index (χ4n) is 3.80. The Morgan fingerprint density at radius 3 is 2.60 bits per heavy atom. The SMILES string of the molecule is CNC(=O)[C@@H]1C[C@@H]2CN(Cc3ccc(F)c(F)c3)C[C@@H]2N1C.O=CO. The minimum Gasteiger partial charge on any atom is -0.483 e. The Bertz CT molecular complexity index is 629. The van der Waals surface area contributed by atoms with E-state index in [2.05, 4.69) is 15.1 Å². The predicted molar refractivity (Wildman–Crippen MR) is 87.8 cm³/mol. The number of amides is 1. The molecule has 2 fully saturated rings. The maximum atomic E-state index is 13.3. The summed E-state index contributed by atoms with van der Waals surface area (Å²) in [7, 11) is 3.66. The van der Waals surface area contributed by atoms with Gasteiger partial charge < -0.3 is 10.4 Å². The zero-order chi connectivity index (χ0) is 18.6. The molecular weight excluding hydrogens is 332 g/mol. The first kappa shape index (κ1) is 19.3. The molecule has 0 aromatic heterocycles. The molecule has 25 heavy (non-hydrogen) atoms. The number of likely N-dealkylation sites (tertiary alicyclic amines) is 2. The molecule has 1 aromatic rings. The van der Waals surface area contributed by atoms with Gasteiger partial charge in [-0.2, -0.15) is 0 Å². The molecular formula is C17H23F2N3O3. The zero-order valence-electron chi connectivity index (χ0n) is 14.3. The van der Waals surface area contributed by atoms with Crippen LogP contribution in [0, 0.1) is 17.6 Å². The first-order valence-corrected chi connectivity index (χ1v) is 8.08. The maximum absolute atomic E-state index is 13.3. The number of carbonyl (C=O) groups excluding carboxylic acids is 1. The van der Waals surface area contributed by atoms with Crippen molar-refractivity contribution in [1.29, 1.82) is 0 Å². The van der Waals surface area contributed by atoms with E-state index in [4.69, 9.17) is 9.90 Å². The van der Waals surface area contributed by atoms with Crippen LogP contribution in [0.1, 0.15) is 12.0 Å². The van der Waals surface area contributed by atoms with Crippen LogP contribution < -0.4 is 5.32 Å². The Morgan fingerprint density at radius 2 is 2.04 bits per heavy atom. The number of hydrogen-bond acceptors (Lipinski definition) is 4. The third kappa shape index (κ3) is 4.32. The molecule has 138 valence electrons. The van der Waals surface area contributed by atoms with Crippen molar-refractivity contribution in [2.24, 2.45) is 5.92 Å². The number of hydrogen-bond donors (Lipinski definition) is 2. The number of benzene rings is 1. The number of rotatable bonds is 3. The Kier molecular flexibility index (Phi) is 6.44. The summed E-state index contributed by atoms with van der Waals surface area (Å²) in [5.41, 5.74) is 0.782. The molecule has 2 heterocycles. The first-order chi connectivity index (χ1) is 11.9. The molecule has 0 radical (unpaired) electrons. The van der Waals surface area contributed by atoms with Crippen molar-refractivity contribution < 1.29 is 23.5 Å². The number of carbonyl (C=O) groups is 2. The fourth-order valence-corrected chi connectivity index (χ4v) is 3.80. The van der Waals surface area contributed by atoms with Crippen LogP contribution in [-0.4, -0.2) is 66.6 Å². The summed E-state index contributed by atoms with van der Waals surface area (Å²) < 4.78 is 26.2. The van der Waals surface area contributed by atoms with E-state index in [1.54, 1.807) is 13.1 Å². The van der Waals surface area contributed by atoms with Gasteiger partial charge in [-0.1, -0.05) is 6.07 Å². The van der Waals surface area contributed by atoms with Crippen molar-refractivity contribution in [3.8, 4) is 0 Å². The number of likely N-dealkylation sites (N-methyl/N-ethyl adjacent to an activating group) is 2. The second kappa shape index (κ2) is 8.35. The van der Waals surface area contributed by atoms with E-state index in [0.29, 0.717) is 18.5 Å². The monoisotopic (exact) mass is 355 g/mol. The molecule has 0 aliphatic carbocycles. The highest BCUT2D eigenvalue weighted by Gasteiger charge is 2.46. The minimum atomic E-state index is -0.810. The molecule has 8 heteroatoms. The fraction of sp³-hybridized carbons (Fsp3) is 0.529. The molecule has 0 saturated carbocycles. The molecule has 1 aromatic carbocycles. The molecule has 2 saturated heterocycles. The maximum Gasteiger partial charge on any atom is 0.290 e. The zero-order valence-corrected chi connectivity index (χ0v) is 14.3. The van der Waals surface area contributed by atoms with Crippen LogP contribution in [0.15, 0.2) is 18.2 Å². The van der Waals surface area contributed by atoms with Crippen LogP contribution in [0.5, 0.6) is 0 Å². The van der Waals surface area contributed by atoms with Crippen molar-refractivity contribution >= 4 is 12.4 Å². The lowest BCUT2D eigenvalue weighted by molar-refractivity contribution is -0.125. The van der Waals surface area contributed by atoms with Gasteiger partial charge in [0.25, 0.3) is 6.47 Å². The highest BCUT2D eigenvalue weighted by atomic mass is 19.2. The molecule has 3 atom stereocenters. The van der Waals surface area contributed by atoms with Crippen LogP contribution in [0.2, 0.25) is 0 Å². The predicted octanol–water partition coefficient (Wildman–Crippen LogP) is 0.916. The molecule has 2 aliphatic rings. The Balaban J connectivity index is 0.000000701. The summed E-state index contributed by atoms with van der Waals surface area (Å²) in [4.78, 5) is 24.6. The van der Waals surface area contributed by atoms with E-state index in [-0.39, 0.29) is 18.4 Å². The van der Waals surface area contributed by atoms with Gasteiger partial charge in [0.1, 0.15) is 0 Å². The van der Waals surface area contributed by atoms with Crippen molar-refractivity contribution in [1.82, 2.24) is 15.1 Å². The van der Waals surface area contributed by atoms with Gasteiger partial charge >= 0.3 is 0 Å². The van der Waals surface area contributed by atoms with Crippen molar-refractivity contribution in [2.45, 2.75) is 25.0 Å². The summed E-state index contributed by atoms with van der Waals surface area (Å²) in [5, 5.41) is 9.61. The average molecular weight is 355 g/mol. The van der Waals surface area contributed by atoms with Crippen LogP contribution in [0.25, 0.3) is 0 Å². The van der Waals surface area contributed by atoms with Crippen molar-refractivity contribution in [3.05, 3.63) is 35.4 Å². The van der Waals surface area contributed by atoms with E-state index in [1.165, 1.54) is 12.1 Å². The van der Waals surface area contributed by atoms with Crippen LogP contribution in [0.3, 0.4) is 0 Å². The van der Waals surface area contributed by atoms with E-state index in [1.807, 2.05) is 7.05 Å². The van der Waals surface area contributed by atoms with Gasteiger partial charge in [0, 0.05) is 32.7 Å². The van der Waals surface area contributed by atoms with Gasteiger partial charge in [0.2, 0.25) is 5.91 Å². The van der Waals surface area contributed by atoms with Crippen LogP contribution in [0.4, 0.5) is 8.78 Å². The lowest BCUT2D eigenvalue weighted by Gasteiger charge is -2.25. The Morgan fingerprint density at radius 1 is 1.36 bits per heavy atom. The number of nitrogens with zero attached hydrogens (tertiary/aromatic N) is 2. The van der Waals surface area contributed by atoms with Gasteiger partial charge in [0.15, 0.2) is 11.6 Å². The Hall–Kier alpha value is -2.06. The highest BCUT2D eigenvalue weighted by molar-refractivity contribution is 5.81.